The molecule has 0 aliphatic carbocycles. The fourth-order valence-corrected chi connectivity index (χ4v) is 3.42. The van der Waals surface area contributed by atoms with Crippen LogP contribution in [0.4, 0.5) is 13.2 Å². The predicted octanol–water partition coefficient (Wildman–Crippen LogP) is 3.36. The number of hydrogen-bond acceptors (Lipinski definition) is 3. The molecule has 1 atom stereocenters. The van der Waals surface area contributed by atoms with Crippen LogP contribution in [0.2, 0.25) is 0 Å². The van der Waals surface area contributed by atoms with Crippen molar-refractivity contribution in [3.63, 3.8) is 0 Å². The molecule has 1 N–H and O–H groups in total. The zero-order chi connectivity index (χ0) is 21.3. The van der Waals surface area contributed by atoms with E-state index in [4.69, 9.17) is 0 Å². The van der Waals surface area contributed by atoms with Crippen LogP contribution in [-0.4, -0.2) is 34.2 Å². The summed E-state index contributed by atoms with van der Waals surface area (Å²) in [6.07, 6.45) is -5.38. The Morgan fingerprint density at radius 1 is 1.18 bits per heavy atom. The average Bonchev–Trinajstić information content (AvgIpc) is 2.77. The molecule has 28 heavy (non-hydrogen) atoms. The molecular formula is C20H23F3N2O3. The van der Waals surface area contributed by atoms with Crippen molar-refractivity contribution in [2.24, 2.45) is 5.92 Å². The lowest BCUT2D eigenvalue weighted by molar-refractivity contribution is -0.194. The Morgan fingerprint density at radius 3 is 2.21 bits per heavy atom. The monoisotopic (exact) mass is 396 g/mol. The highest BCUT2D eigenvalue weighted by atomic mass is 19.4. The minimum atomic E-state index is -5.18. The molecule has 0 saturated carbocycles. The van der Waals surface area contributed by atoms with Gasteiger partial charge in [0.05, 0.1) is 12.1 Å². The van der Waals surface area contributed by atoms with Crippen LogP contribution < -0.4 is 5.32 Å². The van der Waals surface area contributed by atoms with Gasteiger partial charge in [-0.2, -0.15) is 13.2 Å². The van der Waals surface area contributed by atoms with Crippen molar-refractivity contribution >= 4 is 17.6 Å². The summed E-state index contributed by atoms with van der Waals surface area (Å²) in [6.45, 7) is 5.46. The number of hydrogen-bond donors (Lipinski definition) is 1. The highest BCUT2D eigenvalue weighted by Gasteiger charge is 2.69. The number of rotatable bonds is 6. The number of nitrogens with one attached hydrogen (secondary N) is 1. The van der Waals surface area contributed by atoms with Gasteiger partial charge in [-0.15, -0.1) is 0 Å². The smallest absolute Gasteiger partial charge is 0.330 e. The molecule has 152 valence electrons. The van der Waals surface area contributed by atoms with Gasteiger partial charge in [-0.25, -0.2) is 0 Å². The van der Waals surface area contributed by atoms with Crippen molar-refractivity contribution in [1.29, 1.82) is 0 Å². The summed E-state index contributed by atoms with van der Waals surface area (Å²) in [7, 11) is 0. The van der Waals surface area contributed by atoms with Crippen molar-refractivity contribution in [1.82, 2.24) is 10.2 Å². The summed E-state index contributed by atoms with van der Waals surface area (Å²) in [4.78, 5) is 38.3. The molecule has 5 nitrogen and oxygen atoms in total. The van der Waals surface area contributed by atoms with E-state index in [-0.39, 0.29) is 24.6 Å². The number of halogens is 3. The minimum absolute atomic E-state index is 0.108. The van der Waals surface area contributed by atoms with E-state index in [9.17, 15) is 27.6 Å². The summed E-state index contributed by atoms with van der Waals surface area (Å²) >= 11 is 0. The van der Waals surface area contributed by atoms with E-state index >= 15 is 0 Å². The number of alkyl halides is 3. The maximum absolute atomic E-state index is 14.2. The quantitative estimate of drug-likeness (QED) is 0.802. The molecule has 1 aliphatic heterocycles. The largest absolute Gasteiger partial charge is 0.425 e. The molecule has 8 heteroatoms. The van der Waals surface area contributed by atoms with E-state index in [0.29, 0.717) is 5.56 Å². The van der Waals surface area contributed by atoms with Crippen LogP contribution in [0.5, 0.6) is 0 Å². The van der Waals surface area contributed by atoms with E-state index < -0.39 is 34.9 Å². The van der Waals surface area contributed by atoms with Crippen LogP contribution in [0.3, 0.4) is 0 Å². The Balaban J connectivity index is 2.58. The second-order valence-electron chi connectivity index (χ2n) is 7.29. The van der Waals surface area contributed by atoms with E-state index in [2.05, 4.69) is 0 Å². The first-order valence-corrected chi connectivity index (χ1v) is 8.87. The summed E-state index contributed by atoms with van der Waals surface area (Å²) in [5.74, 6) is -3.44. The molecule has 0 spiro atoms. The normalized spacial score (nSPS) is 20.1. The third kappa shape index (κ3) is 3.81. The minimum Gasteiger partial charge on any atom is -0.330 e. The third-order valence-electron chi connectivity index (χ3n) is 4.59. The van der Waals surface area contributed by atoms with Gasteiger partial charge in [-0.1, -0.05) is 44.2 Å². The summed E-state index contributed by atoms with van der Waals surface area (Å²) in [6, 6.07) is 8.47. The van der Waals surface area contributed by atoms with Gasteiger partial charge in [-0.05, 0) is 25.3 Å². The summed E-state index contributed by atoms with van der Waals surface area (Å²) < 4.78 is 42.6. The molecule has 1 aliphatic rings. The van der Waals surface area contributed by atoms with E-state index in [1.54, 1.807) is 44.2 Å². The zero-order valence-corrected chi connectivity index (χ0v) is 16.2. The van der Waals surface area contributed by atoms with Crippen LogP contribution in [0.1, 0.15) is 39.7 Å². The number of carbonyl (C=O) groups excluding carboxylic acids is 3. The molecule has 2 amide bonds. The van der Waals surface area contributed by atoms with Gasteiger partial charge in [0.2, 0.25) is 11.4 Å². The topological polar surface area (TPSA) is 66.5 Å². The van der Waals surface area contributed by atoms with Crippen LogP contribution >= 0.6 is 0 Å². The van der Waals surface area contributed by atoms with Gasteiger partial charge in [0.1, 0.15) is 0 Å². The summed E-state index contributed by atoms with van der Waals surface area (Å²) in [5, 5.41) is 1.86. The van der Waals surface area contributed by atoms with Crippen molar-refractivity contribution in [3.8, 4) is 0 Å². The number of allylic oxidation sites excluding steroid dienone is 1. The van der Waals surface area contributed by atoms with Gasteiger partial charge in [0, 0.05) is 12.1 Å². The van der Waals surface area contributed by atoms with Crippen LogP contribution in [0.15, 0.2) is 41.6 Å². The predicted molar refractivity (Wildman–Crippen MR) is 96.8 cm³/mol. The van der Waals surface area contributed by atoms with Crippen molar-refractivity contribution in [3.05, 3.63) is 47.2 Å². The Kier molecular flexibility index (Phi) is 6.01. The van der Waals surface area contributed by atoms with Gasteiger partial charge in [0.25, 0.3) is 5.91 Å². The standard InChI is InChI=1S/C20H23F3N2O3/c1-12(2)10-16(27)24-19(20(21,22)23)17(14(4)26)13(3)25(18(19)28)11-15-8-6-5-7-9-15/h5-9,12H,10-11H2,1-4H3,(H,24,27)/t19-/m0/s1. The third-order valence-corrected chi connectivity index (χ3v) is 4.59. The SMILES string of the molecule is CC(=O)C1=C(C)N(Cc2ccccc2)C(=O)[C@]1(NC(=O)CC(C)C)C(F)(F)F. The lowest BCUT2D eigenvalue weighted by Crippen LogP contribution is -2.66. The molecule has 0 fully saturated rings. The molecule has 1 heterocycles. The van der Waals surface area contributed by atoms with Crippen molar-refractivity contribution < 1.29 is 27.6 Å². The zero-order valence-electron chi connectivity index (χ0n) is 16.2. The van der Waals surface area contributed by atoms with E-state index in [1.807, 2.05) is 5.32 Å². The van der Waals surface area contributed by atoms with Crippen LogP contribution in [0.25, 0.3) is 0 Å². The fraction of sp³-hybridized carbons (Fsp3) is 0.450. The number of nitrogens with zero attached hydrogens (tertiary/aromatic N) is 1. The Labute approximate surface area is 161 Å². The second kappa shape index (κ2) is 7.77. The second-order valence-corrected chi connectivity index (χ2v) is 7.29. The van der Waals surface area contributed by atoms with E-state index in [1.165, 1.54) is 6.92 Å². The molecule has 0 saturated heterocycles. The first kappa shape index (κ1) is 21.7. The highest BCUT2D eigenvalue weighted by molar-refractivity contribution is 6.11. The number of Topliss-reactive ketones (excluding diaryl/α,β-unsaturated/α-hetero) is 1. The highest BCUT2D eigenvalue weighted by Crippen LogP contribution is 2.45. The van der Waals surface area contributed by atoms with Crippen molar-refractivity contribution in [2.45, 2.75) is 52.4 Å². The van der Waals surface area contributed by atoms with Gasteiger partial charge in [0.15, 0.2) is 5.78 Å². The number of benzene rings is 1. The number of ketones is 1. The van der Waals surface area contributed by atoms with Crippen LogP contribution in [0, 0.1) is 5.92 Å². The average molecular weight is 396 g/mol. The molecular weight excluding hydrogens is 373 g/mol. The molecule has 0 bridgehead atoms. The van der Waals surface area contributed by atoms with E-state index in [0.717, 1.165) is 11.8 Å². The molecule has 2 rings (SSSR count). The van der Waals surface area contributed by atoms with Crippen LogP contribution in [-0.2, 0) is 20.9 Å². The Bertz CT molecular complexity index is 816. The lowest BCUT2D eigenvalue weighted by atomic mass is 9.86. The van der Waals surface area contributed by atoms with Gasteiger partial charge in [-0.3, -0.25) is 14.4 Å². The molecule has 0 unspecified atom stereocenters. The number of amides is 2. The first-order chi connectivity index (χ1) is 12.9. The fourth-order valence-electron chi connectivity index (χ4n) is 3.42. The molecule has 0 aromatic heterocycles. The number of carbonyl (C=O) groups is 3. The lowest BCUT2D eigenvalue weighted by Gasteiger charge is -2.33. The van der Waals surface area contributed by atoms with Gasteiger partial charge >= 0.3 is 6.18 Å². The molecule has 0 radical (unpaired) electrons. The Hall–Kier alpha value is -2.64. The Morgan fingerprint density at radius 2 is 1.75 bits per heavy atom. The molecule has 1 aromatic rings. The maximum atomic E-state index is 14.2. The maximum Gasteiger partial charge on any atom is 0.425 e. The molecule has 1 aromatic carbocycles. The van der Waals surface area contributed by atoms with Gasteiger partial charge < -0.3 is 10.2 Å². The first-order valence-electron chi connectivity index (χ1n) is 8.87. The van der Waals surface area contributed by atoms with Crippen molar-refractivity contribution in [2.75, 3.05) is 0 Å². The summed E-state index contributed by atoms with van der Waals surface area (Å²) in [5.41, 5.74) is -3.62.